The van der Waals surface area contributed by atoms with E-state index < -0.39 is 9.84 Å². The van der Waals surface area contributed by atoms with Crippen molar-refractivity contribution in [3.05, 3.63) is 24.4 Å². The molecule has 1 aromatic rings. The summed E-state index contributed by atoms with van der Waals surface area (Å²) in [4.78, 5) is 13.2. The van der Waals surface area contributed by atoms with E-state index in [1.807, 2.05) is 25.1 Å². The van der Waals surface area contributed by atoms with Crippen LogP contribution in [-0.4, -0.2) is 75.5 Å². The molecule has 0 saturated carbocycles. The molecule has 23 heavy (non-hydrogen) atoms. The molecule has 0 aromatic carbocycles. The highest BCUT2D eigenvalue weighted by Gasteiger charge is 2.20. The summed E-state index contributed by atoms with van der Waals surface area (Å²) in [5, 5.41) is 3.24. The molecule has 1 saturated heterocycles. The smallest absolute Gasteiger partial charge is 0.194 e. The number of anilines is 1. The van der Waals surface area contributed by atoms with Crippen LogP contribution in [0.2, 0.25) is 0 Å². The molecule has 1 aliphatic rings. The first kappa shape index (κ1) is 17.5. The molecular formula is C15H25N5O2S. The number of aliphatic imine (C=N–C) groups is 1. The number of nitrogens with zero attached hydrogens (tertiary/aromatic N) is 4. The molecule has 1 fully saturated rings. The molecule has 0 aliphatic carbocycles. The van der Waals surface area contributed by atoms with Gasteiger partial charge in [0.05, 0.1) is 12.3 Å². The number of guanidine groups is 1. The maximum Gasteiger partial charge on any atom is 0.194 e. The fraction of sp³-hybridized carbons (Fsp3) is 0.600. The van der Waals surface area contributed by atoms with Crippen molar-refractivity contribution in [2.24, 2.45) is 4.99 Å². The summed E-state index contributed by atoms with van der Waals surface area (Å²) in [6, 6.07) is 5.92. The summed E-state index contributed by atoms with van der Waals surface area (Å²) in [6.45, 7) is 6.47. The molecule has 0 radical (unpaired) electrons. The van der Waals surface area contributed by atoms with Crippen LogP contribution in [0.3, 0.4) is 0 Å². The molecule has 7 nitrogen and oxygen atoms in total. The van der Waals surface area contributed by atoms with E-state index in [1.54, 1.807) is 6.20 Å². The van der Waals surface area contributed by atoms with Crippen LogP contribution in [0.25, 0.3) is 0 Å². The Hall–Kier alpha value is -1.83. The number of rotatable bonds is 5. The molecule has 1 aliphatic heterocycles. The van der Waals surface area contributed by atoms with E-state index in [9.17, 15) is 8.42 Å². The first-order valence-electron chi connectivity index (χ1n) is 7.86. The molecule has 0 bridgehead atoms. The zero-order valence-corrected chi connectivity index (χ0v) is 14.6. The van der Waals surface area contributed by atoms with Crippen molar-refractivity contribution in [3.63, 3.8) is 0 Å². The minimum Gasteiger partial charge on any atom is -0.357 e. The van der Waals surface area contributed by atoms with Crippen molar-refractivity contribution < 1.29 is 8.42 Å². The number of hydrogen-bond acceptors (Lipinski definition) is 5. The predicted octanol–water partition coefficient (Wildman–Crippen LogP) is 0.214. The number of nitrogens with one attached hydrogen (secondary N) is 1. The second-order valence-corrected chi connectivity index (χ2v) is 7.79. The summed E-state index contributed by atoms with van der Waals surface area (Å²) < 4.78 is 22.5. The Bertz CT molecular complexity index is 610. The van der Waals surface area contributed by atoms with E-state index in [1.165, 1.54) is 6.26 Å². The predicted molar refractivity (Wildman–Crippen MR) is 93.7 cm³/mol. The first-order chi connectivity index (χ1) is 11.0. The fourth-order valence-electron chi connectivity index (χ4n) is 2.43. The lowest BCUT2D eigenvalue weighted by molar-refractivity contribution is 0.372. The Labute approximate surface area is 138 Å². The van der Waals surface area contributed by atoms with Gasteiger partial charge in [-0.1, -0.05) is 6.07 Å². The number of aromatic nitrogens is 1. The van der Waals surface area contributed by atoms with Crippen LogP contribution in [0.1, 0.15) is 6.92 Å². The summed E-state index contributed by atoms with van der Waals surface area (Å²) >= 11 is 0. The normalized spacial score (nSPS) is 16.5. The number of hydrogen-bond donors (Lipinski definition) is 1. The van der Waals surface area contributed by atoms with E-state index in [-0.39, 0.29) is 5.75 Å². The van der Waals surface area contributed by atoms with Crippen molar-refractivity contribution in [1.29, 1.82) is 0 Å². The van der Waals surface area contributed by atoms with Crippen LogP contribution in [0.15, 0.2) is 29.4 Å². The van der Waals surface area contributed by atoms with Crippen LogP contribution >= 0.6 is 0 Å². The topological polar surface area (TPSA) is 77.9 Å². The molecule has 2 rings (SSSR count). The maximum atomic E-state index is 11.2. The Morgan fingerprint density at radius 2 is 2.04 bits per heavy atom. The summed E-state index contributed by atoms with van der Waals surface area (Å²) in [7, 11) is -2.98. The lowest BCUT2D eigenvalue weighted by atomic mass is 10.3. The molecule has 0 amide bonds. The summed E-state index contributed by atoms with van der Waals surface area (Å²) in [6.07, 6.45) is 3.04. The van der Waals surface area contributed by atoms with Crippen LogP contribution in [0.5, 0.6) is 0 Å². The quantitative estimate of drug-likeness (QED) is 0.610. The van der Waals surface area contributed by atoms with Crippen molar-refractivity contribution in [2.45, 2.75) is 6.92 Å². The molecule has 2 heterocycles. The highest BCUT2D eigenvalue weighted by atomic mass is 32.2. The number of piperazine rings is 1. The first-order valence-corrected chi connectivity index (χ1v) is 9.92. The minimum absolute atomic E-state index is 0.0792. The average molecular weight is 339 g/mol. The van der Waals surface area contributed by atoms with E-state index in [0.29, 0.717) is 6.54 Å². The van der Waals surface area contributed by atoms with Gasteiger partial charge in [-0.25, -0.2) is 13.4 Å². The summed E-state index contributed by atoms with van der Waals surface area (Å²) in [5.41, 5.74) is 0. The fourth-order valence-corrected chi connectivity index (χ4v) is 2.85. The third kappa shape index (κ3) is 5.70. The third-order valence-corrected chi connectivity index (χ3v) is 4.54. The van der Waals surface area contributed by atoms with Gasteiger partial charge in [0.2, 0.25) is 0 Å². The third-order valence-electron chi connectivity index (χ3n) is 3.61. The highest BCUT2D eigenvalue weighted by molar-refractivity contribution is 7.90. The SMILES string of the molecule is CCNC(=NCCS(C)(=O)=O)N1CCN(c2ccccn2)CC1. The van der Waals surface area contributed by atoms with Gasteiger partial charge in [-0.15, -0.1) is 0 Å². The Morgan fingerprint density at radius 1 is 1.30 bits per heavy atom. The monoisotopic (exact) mass is 339 g/mol. The lowest BCUT2D eigenvalue weighted by Crippen LogP contribution is -2.52. The van der Waals surface area contributed by atoms with Crippen LogP contribution < -0.4 is 10.2 Å². The van der Waals surface area contributed by atoms with Crippen LogP contribution in [0, 0.1) is 0 Å². The van der Waals surface area contributed by atoms with Gasteiger partial charge in [0.25, 0.3) is 0 Å². The average Bonchev–Trinajstić information content (AvgIpc) is 2.54. The van der Waals surface area contributed by atoms with E-state index in [0.717, 1.165) is 44.5 Å². The Morgan fingerprint density at radius 3 is 2.61 bits per heavy atom. The van der Waals surface area contributed by atoms with E-state index >= 15 is 0 Å². The molecule has 128 valence electrons. The number of pyridine rings is 1. The second-order valence-electron chi connectivity index (χ2n) is 5.53. The molecule has 0 unspecified atom stereocenters. The zero-order valence-electron chi connectivity index (χ0n) is 13.8. The summed E-state index contributed by atoms with van der Waals surface area (Å²) in [5.74, 6) is 1.86. The van der Waals surface area contributed by atoms with Gasteiger partial charge >= 0.3 is 0 Å². The molecule has 0 atom stereocenters. The largest absolute Gasteiger partial charge is 0.357 e. The molecule has 0 spiro atoms. The maximum absolute atomic E-state index is 11.2. The van der Waals surface area contributed by atoms with Gasteiger partial charge < -0.3 is 15.1 Å². The van der Waals surface area contributed by atoms with Crippen molar-refractivity contribution >= 4 is 21.6 Å². The van der Waals surface area contributed by atoms with Gasteiger partial charge in [0.15, 0.2) is 5.96 Å². The highest BCUT2D eigenvalue weighted by Crippen LogP contribution is 2.12. The molecular weight excluding hydrogens is 314 g/mol. The van der Waals surface area contributed by atoms with Gasteiger partial charge in [0.1, 0.15) is 15.7 Å². The lowest BCUT2D eigenvalue weighted by Gasteiger charge is -2.37. The second kappa shape index (κ2) is 8.14. The zero-order chi connectivity index (χ0) is 16.7. The van der Waals surface area contributed by atoms with Crippen molar-refractivity contribution in [1.82, 2.24) is 15.2 Å². The van der Waals surface area contributed by atoms with Gasteiger partial charge in [-0.2, -0.15) is 0 Å². The van der Waals surface area contributed by atoms with Crippen molar-refractivity contribution in [3.8, 4) is 0 Å². The molecule has 1 aromatic heterocycles. The van der Waals surface area contributed by atoms with Crippen molar-refractivity contribution in [2.75, 3.05) is 56.2 Å². The molecule has 8 heteroatoms. The van der Waals surface area contributed by atoms with Crippen LogP contribution in [-0.2, 0) is 9.84 Å². The Kier molecular flexibility index (Phi) is 6.20. The number of sulfone groups is 1. The van der Waals surface area contributed by atoms with Gasteiger partial charge in [0, 0.05) is 45.2 Å². The minimum atomic E-state index is -2.98. The van der Waals surface area contributed by atoms with Gasteiger partial charge in [-0.3, -0.25) is 4.99 Å². The standard InChI is InChI=1S/C15H25N5O2S/c1-3-16-15(18-8-13-23(2,21)22)20-11-9-19(10-12-20)14-6-4-5-7-17-14/h4-7H,3,8-13H2,1-2H3,(H,16,18). The van der Waals surface area contributed by atoms with E-state index in [4.69, 9.17) is 0 Å². The van der Waals surface area contributed by atoms with Gasteiger partial charge in [-0.05, 0) is 19.1 Å². The molecule has 1 N–H and O–H groups in total. The van der Waals surface area contributed by atoms with E-state index in [2.05, 4.69) is 25.1 Å². The van der Waals surface area contributed by atoms with Crippen LogP contribution in [0.4, 0.5) is 5.82 Å². The Balaban J connectivity index is 1.93.